The monoisotopic (exact) mass is 608 g/mol. The molecular weight excluding hydrogens is 564 g/mol. The SMILES string of the molecule is C[C@@H]1N=C(N2CCN(C(=O)[C@H](N)CCCCN3CCCCC3)[C@H](C(=O)NCc3cccc(Cl)c3)C2)OC1c1ccccc1. The summed E-state index contributed by atoms with van der Waals surface area (Å²) in [6.45, 7) is 6.89. The van der Waals surface area contributed by atoms with Gasteiger partial charge in [0.05, 0.1) is 18.6 Å². The van der Waals surface area contributed by atoms with Crippen molar-refractivity contribution in [3.8, 4) is 0 Å². The van der Waals surface area contributed by atoms with Crippen molar-refractivity contribution < 1.29 is 14.3 Å². The van der Waals surface area contributed by atoms with E-state index in [-0.39, 0.29) is 30.5 Å². The molecule has 9 nitrogen and oxygen atoms in total. The lowest BCUT2D eigenvalue weighted by molar-refractivity contribution is -0.144. The largest absolute Gasteiger partial charge is 0.455 e. The molecule has 43 heavy (non-hydrogen) atoms. The van der Waals surface area contributed by atoms with Gasteiger partial charge in [0, 0.05) is 24.7 Å². The average molecular weight is 609 g/mol. The van der Waals surface area contributed by atoms with Gasteiger partial charge < -0.3 is 30.5 Å². The zero-order valence-electron chi connectivity index (χ0n) is 25.2. The maximum Gasteiger partial charge on any atom is 0.288 e. The van der Waals surface area contributed by atoms with Gasteiger partial charge in [0.25, 0.3) is 6.02 Å². The number of nitrogens with one attached hydrogen (secondary N) is 1. The third-order valence-electron chi connectivity index (χ3n) is 8.71. The van der Waals surface area contributed by atoms with E-state index in [1.807, 2.05) is 60.4 Å². The van der Waals surface area contributed by atoms with Gasteiger partial charge >= 0.3 is 0 Å². The number of amides is 2. The Balaban J connectivity index is 1.22. The lowest BCUT2D eigenvalue weighted by Gasteiger charge is -2.41. The fraction of sp³-hybridized carbons (Fsp3) is 0.545. The molecule has 0 aliphatic carbocycles. The van der Waals surface area contributed by atoms with Crippen LogP contribution in [0.5, 0.6) is 0 Å². The molecule has 10 heteroatoms. The van der Waals surface area contributed by atoms with Crippen LogP contribution >= 0.6 is 11.6 Å². The Morgan fingerprint density at radius 1 is 1.05 bits per heavy atom. The average Bonchev–Trinajstić information content (AvgIpc) is 3.43. The topological polar surface area (TPSA) is 103 Å². The summed E-state index contributed by atoms with van der Waals surface area (Å²) < 4.78 is 6.33. The fourth-order valence-electron chi connectivity index (χ4n) is 6.25. The fourth-order valence-corrected chi connectivity index (χ4v) is 6.46. The van der Waals surface area contributed by atoms with E-state index in [1.165, 1.54) is 32.4 Å². The lowest BCUT2D eigenvalue weighted by atomic mass is 10.0. The second-order valence-electron chi connectivity index (χ2n) is 11.9. The number of likely N-dealkylation sites (tertiary alicyclic amines) is 1. The number of aliphatic imine (C=N–C) groups is 1. The van der Waals surface area contributed by atoms with Gasteiger partial charge in [-0.25, -0.2) is 4.99 Å². The summed E-state index contributed by atoms with van der Waals surface area (Å²) in [5.74, 6) is -0.410. The molecule has 3 heterocycles. The molecule has 3 aliphatic heterocycles. The van der Waals surface area contributed by atoms with E-state index >= 15 is 0 Å². The second-order valence-corrected chi connectivity index (χ2v) is 12.4. The van der Waals surface area contributed by atoms with E-state index in [1.54, 1.807) is 11.0 Å². The molecule has 2 aromatic carbocycles. The highest BCUT2D eigenvalue weighted by molar-refractivity contribution is 6.30. The summed E-state index contributed by atoms with van der Waals surface area (Å²) in [7, 11) is 0. The Morgan fingerprint density at radius 2 is 1.84 bits per heavy atom. The number of ether oxygens (including phenoxy) is 1. The summed E-state index contributed by atoms with van der Waals surface area (Å²) in [6, 6.07) is 16.5. The number of carbonyl (C=O) groups excluding carboxylic acids is 2. The number of nitrogens with two attached hydrogens (primary N) is 1. The highest BCUT2D eigenvalue weighted by atomic mass is 35.5. The van der Waals surface area contributed by atoms with Crippen LogP contribution in [0.3, 0.4) is 0 Å². The van der Waals surface area contributed by atoms with Crippen molar-refractivity contribution in [2.24, 2.45) is 10.7 Å². The van der Waals surface area contributed by atoms with Crippen LogP contribution in [0, 0.1) is 0 Å². The Bertz CT molecular complexity index is 1250. The molecule has 2 amide bonds. The number of piperidine rings is 1. The van der Waals surface area contributed by atoms with Crippen LogP contribution in [0.25, 0.3) is 0 Å². The number of halogens is 1. The van der Waals surface area contributed by atoms with Crippen LogP contribution in [-0.2, 0) is 20.9 Å². The zero-order chi connectivity index (χ0) is 30.2. The summed E-state index contributed by atoms with van der Waals surface area (Å²) >= 11 is 6.15. The Labute approximate surface area is 260 Å². The first-order valence-electron chi connectivity index (χ1n) is 15.7. The molecule has 4 atom stereocenters. The minimum Gasteiger partial charge on any atom is -0.455 e. The predicted molar refractivity (Wildman–Crippen MR) is 170 cm³/mol. The van der Waals surface area contributed by atoms with Gasteiger partial charge in [0.2, 0.25) is 11.8 Å². The number of amidine groups is 1. The van der Waals surface area contributed by atoms with Gasteiger partial charge in [-0.15, -0.1) is 0 Å². The van der Waals surface area contributed by atoms with Crippen LogP contribution in [0.15, 0.2) is 59.6 Å². The highest BCUT2D eigenvalue weighted by Crippen LogP contribution is 2.30. The van der Waals surface area contributed by atoms with E-state index in [2.05, 4.69) is 10.2 Å². The number of hydrogen-bond acceptors (Lipinski definition) is 7. The van der Waals surface area contributed by atoms with Crippen molar-refractivity contribution >= 4 is 29.4 Å². The number of hydrogen-bond donors (Lipinski definition) is 2. The van der Waals surface area contributed by atoms with E-state index in [9.17, 15) is 9.59 Å². The Kier molecular flexibility index (Phi) is 10.9. The molecule has 2 saturated heterocycles. The molecule has 5 rings (SSSR count). The summed E-state index contributed by atoms with van der Waals surface area (Å²) in [5.41, 5.74) is 8.40. The number of unbranched alkanes of at least 4 members (excludes halogenated alkanes) is 1. The summed E-state index contributed by atoms with van der Waals surface area (Å²) in [5, 5.41) is 3.63. The molecule has 3 aliphatic rings. The number of piperazine rings is 1. The van der Waals surface area contributed by atoms with Gasteiger partial charge in [0.15, 0.2) is 0 Å². The number of nitrogens with zero attached hydrogens (tertiary/aromatic N) is 4. The molecule has 232 valence electrons. The van der Waals surface area contributed by atoms with E-state index < -0.39 is 12.1 Å². The smallest absolute Gasteiger partial charge is 0.288 e. The maximum absolute atomic E-state index is 13.7. The van der Waals surface area contributed by atoms with Gasteiger partial charge in [-0.05, 0) is 75.5 Å². The van der Waals surface area contributed by atoms with Gasteiger partial charge in [0.1, 0.15) is 12.1 Å². The molecule has 3 N–H and O–H groups in total. The second kappa shape index (κ2) is 15.0. The zero-order valence-corrected chi connectivity index (χ0v) is 25.9. The number of benzene rings is 2. The molecule has 2 aromatic rings. The van der Waals surface area contributed by atoms with Crippen molar-refractivity contribution in [3.63, 3.8) is 0 Å². The third kappa shape index (κ3) is 8.28. The predicted octanol–water partition coefficient (Wildman–Crippen LogP) is 3.97. The molecular formula is C33H45ClN6O3. The van der Waals surface area contributed by atoms with Crippen molar-refractivity contribution in [3.05, 3.63) is 70.7 Å². The van der Waals surface area contributed by atoms with Crippen molar-refractivity contribution in [2.75, 3.05) is 39.3 Å². The molecule has 1 unspecified atom stereocenters. The highest BCUT2D eigenvalue weighted by Gasteiger charge is 2.40. The van der Waals surface area contributed by atoms with Crippen LogP contribution in [0.2, 0.25) is 5.02 Å². The number of carbonyl (C=O) groups is 2. The molecule has 0 spiro atoms. The normalized spacial score (nSPS) is 23.4. The van der Waals surface area contributed by atoms with Gasteiger partial charge in [-0.2, -0.15) is 0 Å². The van der Waals surface area contributed by atoms with Crippen molar-refractivity contribution in [1.82, 2.24) is 20.0 Å². The van der Waals surface area contributed by atoms with Crippen molar-refractivity contribution in [2.45, 2.75) is 76.2 Å². The van der Waals surface area contributed by atoms with Crippen LogP contribution in [0.1, 0.15) is 62.7 Å². The Hall–Kier alpha value is -3.14. The van der Waals surface area contributed by atoms with E-state index in [0.717, 1.165) is 30.5 Å². The van der Waals surface area contributed by atoms with Crippen LogP contribution in [0.4, 0.5) is 0 Å². The third-order valence-corrected chi connectivity index (χ3v) is 8.95. The minimum atomic E-state index is -0.725. The first-order chi connectivity index (χ1) is 20.9. The quantitative estimate of drug-likeness (QED) is 0.396. The maximum atomic E-state index is 13.7. The Morgan fingerprint density at radius 3 is 2.60 bits per heavy atom. The number of rotatable bonds is 10. The molecule has 0 radical (unpaired) electrons. The van der Waals surface area contributed by atoms with E-state index in [0.29, 0.717) is 37.1 Å². The molecule has 0 saturated carbocycles. The lowest BCUT2D eigenvalue weighted by Crippen LogP contribution is -2.63. The standard InChI is InChI=1S/C33H45ClN6O3/c1-24-30(26-12-4-2-5-13-26)43-33(37-24)39-19-20-40(29(23-39)31(41)36-22-25-11-10-14-27(34)21-25)32(42)28(35)15-6-9-18-38-16-7-3-8-17-38/h2,4-5,10-14,21,24,28-30H,3,6-9,15-20,22-23,35H2,1H3,(H,36,41)/t24-,28+,29-,30?/m0/s1. The first-order valence-corrected chi connectivity index (χ1v) is 16.1. The van der Waals surface area contributed by atoms with Gasteiger partial charge in [-0.3, -0.25) is 9.59 Å². The molecule has 2 fully saturated rings. The van der Waals surface area contributed by atoms with Crippen LogP contribution in [-0.4, -0.2) is 89.9 Å². The summed E-state index contributed by atoms with van der Waals surface area (Å²) in [6.07, 6.45) is 6.19. The molecule has 0 aromatic heterocycles. The van der Waals surface area contributed by atoms with Crippen LogP contribution < -0.4 is 11.1 Å². The van der Waals surface area contributed by atoms with Crippen molar-refractivity contribution in [1.29, 1.82) is 0 Å². The minimum absolute atomic E-state index is 0.0643. The summed E-state index contributed by atoms with van der Waals surface area (Å²) in [4.78, 5) is 38.3. The van der Waals surface area contributed by atoms with Gasteiger partial charge in [-0.1, -0.05) is 66.9 Å². The molecule has 0 bridgehead atoms. The van der Waals surface area contributed by atoms with E-state index in [4.69, 9.17) is 27.1 Å². The first kappa shape index (κ1) is 31.3.